The molecule has 0 aliphatic rings. The molecule has 0 N–H and O–H groups in total. The van der Waals surface area contributed by atoms with E-state index in [0.717, 1.165) is 10.6 Å². The zero-order chi connectivity index (χ0) is 20.4. The smallest absolute Gasteiger partial charge is 0.269 e. The number of carbonyl (C=O) groups is 1. The van der Waals surface area contributed by atoms with Crippen molar-refractivity contribution in [2.75, 3.05) is 7.05 Å². The maximum absolute atomic E-state index is 13.0. The highest BCUT2D eigenvalue weighted by atomic mass is 35.5. The van der Waals surface area contributed by atoms with Crippen LogP contribution in [0.1, 0.15) is 33.9 Å². The van der Waals surface area contributed by atoms with E-state index in [0.29, 0.717) is 21.2 Å². The lowest BCUT2D eigenvalue weighted by Crippen LogP contribution is -2.29. The van der Waals surface area contributed by atoms with Crippen molar-refractivity contribution < 1.29 is 9.72 Å². The third-order valence-corrected chi connectivity index (χ3v) is 5.96. The van der Waals surface area contributed by atoms with Gasteiger partial charge in [-0.1, -0.05) is 35.9 Å². The highest BCUT2D eigenvalue weighted by Crippen LogP contribution is 2.32. The van der Waals surface area contributed by atoms with Gasteiger partial charge in [0.05, 0.1) is 16.7 Å². The van der Waals surface area contributed by atoms with Crippen LogP contribution in [0.2, 0.25) is 5.02 Å². The second-order valence-electron chi connectivity index (χ2n) is 6.39. The van der Waals surface area contributed by atoms with Crippen LogP contribution in [0.25, 0.3) is 10.6 Å². The van der Waals surface area contributed by atoms with Crippen molar-refractivity contribution in [2.24, 2.45) is 0 Å². The van der Waals surface area contributed by atoms with E-state index in [2.05, 4.69) is 4.98 Å². The van der Waals surface area contributed by atoms with E-state index in [1.807, 2.05) is 25.1 Å². The molecule has 0 spiro atoms. The molecule has 0 saturated heterocycles. The van der Waals surface area contributed by atoms with Crippen LogP contribution >= 0.6 is 22.9 Å². The van der Waals surface area contributed by atoms with E-state index >= 15 is 0 Å². The summed E-state index contributed by atoms with van der Waals surface area (Å²) in [5.41, 5.74) is 2.20. The van der Waals surface area contributed by atoms with E-state index in [9.17, 15) is 14.9 Å². The van der Waals surface area contributed by atoms with Crippen LogP contribution in [0, 0.1) is 17.0 Å². The van der Waals surface area contributed by atoms with Gasteiger partial charge in [-0.3, -0.25) is 14.9 Å². The molecule has 1 atom stereocenters. The lowest BCUT2D eigenvalue weighted by molar-refractivity contribution is -0.384. The largest absolute Gasteiger partial charge is 0.334 e. The van der Waals surface area contributed by atoms with E-state index in [1.165, 1.54) is 23.5 Å². The first-order valence-electron chi connectivity index (χ1n) is 8.53. The number of halogens is 1. The van der Waals surface area contributed by atoms with Gasteiger partial charge in [0.2, 0.25) is 0 Å². The minimum atomic E-state index is -0.442. The summed E-state index contributed by atoms with van der Waals surface area (Å²) in [5, 5.41) is 12.3. The second-order valence-corrected chi connectivity index (χ2v) is 7.82. The fraction of sp³-hybridized carbons (Fsp3) is 0.200. The maximum atomic E-state index is 13.0. The summed E-state index contributed by atoms with van der Waals surface area (Å²) in [6.07, 6.45) is 0. The van der Waals surface area contributed by atoms with Gasteiger partial charge >= 0.3 is 0 Å². The molecule has 1 amide bonds. The lowest BCUT2D eigenvalue weighted by atomic mass is 10.1. The molecular weight excluding hydrogens is 398 g/mol. The fourth-order valence-corrected chi connectivity index (χ4v) is 4.03. The number of amides is 1. The zero-order valence-electron chi connectivity index (χ0n) is 15.5. The van der Waals surface area contributed by atoms with Crippen LogP contribution in [0.5, 0.6) is 0 Å². The van der Waals surface area contributed by atoms with Gasteiger partial charge in [0, 0.05) is 29.8 Å². The van der Waals surface area contributed by atoms with Crippen LogP contribution in [0.15, 0.2) is 48.5 Å². The first-order valence-corrected chi connectivity index (χ1v) is 9.72. The molecule has 1 heterocycles. The molecule has 0 aliphatic heterocycles. The summed E-state index contributed by atoms with van der Waals surface area (Å²) in [5.74, 6) is -0.178. The molecule has 0 aliphatic carbocycles. The van der Waals surface area contributed by atoms with Crippen molar-refractivity contribution in [1.82, 2.24) is 9.88 Å². The highest BCUT2D eigenvalue weighted by Gasteiger charge is 2.24. The van der Waals surface area contributed by atoms with Crippen LogP contribution in [-0.2, 0) is 0 Å². The second kappa shape index (κ2) is 8.08. The van der Waals surface area contributed by atoms with Crippen molar-refractivity contribution in [3.05, 3.63) is 79.8 Å². The Morgan fingerprint density at radius 3 is 2.64 bits per heavy atom. The van der Waals surface area contributed by atoms with Gasteiger partial charge in [0.1, 0.15) is 9.88 Å². The number of thiazole rings is 1. The number of carbonyl (C=O) groups excluding carboxylic acids is 1. The van der Waals surface area contributed by atoms with E-state index < -0.39 is 4.92 Å². The Bertz CT molecular complexity index is 1050. The molecule has 3 aromatic rings. The summed E-state index contributed by atoms with van der Waals surface area (Å²) in [6, 6.07) is 13.3. The third kappa shape index (κ3) is 4.05. The van der Waals surface area contributed by atoms with E-state index in [1.54, 1.807) is 37.1 Å². The molecular formula is C20H18ClN3O3S. The normalized spacial score (nSPS) is 11.9. The Labute approximate surface area is 171 Å². The van der Waals surface area contributed by atoms with Gasteiger partial charge in [0.25, 0.3) is 11.6 Å². The lowest BCUT2D eigenvalue weighted by Gasteiger charge is -2.25. The van der Waals surface area contributed by atoms with Gasteiger partial charge in [-0.2, -0.15) is 0 Å². The molecule has 3 rings (SSSR count). The Kier molecular flexibility index (Phi) is 5.76. The maximum Gasteiger partial charge on any atom is 0.269 e. The predicted octanol–water partition coefficient (Wildman–Crippen LogP) is 5.51. The number of rotatable bonds is 5. The van der Waals surface area contributed by atoms with Crippen LogP contribution in [0.4, 0.5) is 5.69 Å². The van der Waals surface area contributed by atoms with Gasteiger partial charge in [-0.25, -0.2) is 4.98 Å². The van der Waals surface area contributed by atoms with Crippen LogP contribution < -0.4 is 0 Å². The summed E-state index contributed by atoms with van der Waals surface area (Å²) in [7, 11) is 1.68. The Hall–Kier alpha value is -2.77. The molecule has 28 heavy (non-hydrogen) atoms. The van der Waals surface area contributed by atoms with Crippen molar-refractivity contribution in [1.29, 1.82) is 0 Å². The number of aryl methyl sites for hydroxylation is 1. The number of non-ortho nitro benzene ring substituents is 1. The number of hydrogen-bond acceptors (Lipinski definition) is 5. The van der Waals surface area contributed by atoms with Gasteiger partial charge in [-0.15, -0.1) is 11.3 Å². The van der Waals surface area contributed by atoms with Crippen molar-refractivity contribution in [3.8, 4) is 10.6 Å². The Balaban J connectivity index is 1.87. The number of nitro groups is 1. The molecule has 1 aromatic heterocycles. The summed E-state index contributed by atoms with van der Waals surface area (Å²) in [4.78, 5) is 30.2. The quantitative estimate of drug-likeness (QED) is 0.406. The van der Waals surface area contributed by atoms with Crippen molar-refractivity contribution in [2.45, 2.75) is 19.9 Å². The average Bonchev–Trinajstić information content (AvgIpc) is 3.08. The molecule has 0 saturated carbocycles. The molecule has 6 nitrogen and oxygen atoms in total. The summed E-state index contributed by atoms with van der Waals surface area (Å²) in [6.45, 7) is 3.63. The first-order chi connectivity index (χ1) is 13.3. The molecule has 0 fully saturated rings. The number of aromatic nitrogens is 1. The number of hydrogen-bond donors (Lipinski definition) is 0. The molecule has 144 valence electrons. The first kappa shape index (κ1) is 20.0. The zero-order valence-corrected chi connectivity index (χ0v) is 17.1. The highest BCUT2D eigenvalue weighted by molar-refractivity contribution is 7.17. The molecule has 2 aromatic carbocycles. The molecule has 0 bridgehead atoms. The van der Waals surface area contributed by atoms with Gasteiger partial charge in [-0.05, 0) is 31.5 Å². The SMILES string of the molecule is Cc1nc(-c2cccc(Cl)c2)sc1C(=O)N(C)C(C)c1cccc([N+](=O)[O-])c1. The van der Waals surface area contributed by atoms with Gasteiger partial charge in [0.15, 0.2) is 0 Å². The molecule has 0 radical (unpaired) electrons. The van der Waals surface area contributed by atoms with Crippen molar-refractivity contribution >= 4 is 34.5 Å². The number of nitrogens with zero attached hydrogens (tertiary/aromatic N) is 3. The van der Waals surface area contributed by atoms with Crippen LogP contribution in [-0.4, -0.2) is 27.8 Å². The van der Waals surface area contributed by atoms with E-state index in [4.69, 9.17) is 11.6 Å². The predicted molar refractivity (Wildman–Crippen MR) is 111 cm³/mol. The third-order valence-electron chi connectivity index (χ3n) is 4.53. The standard InChI is InChI=1S/C20H18ClN3O3S/c1-12-18(28-19(22-12)15-7-4-8-16(21)10-15)20(25)23(3)13(2)14-6-5-9-17(11-14)24(26)27/h4-11,13H,1-3H3. The van der Waals surface area contributed by atoms with E-state index in [-0.39, 0.29) is 17.6 Å². The molecule has 8 heteroatoms. The summed E-state index contributed by atoms with van der Waals surface area (Å²) < 4.78 is 0. The Morgan fingerprint density at radius 1 is 1.25 bits per heavy atom. The summed E-state index contributed by atoms with van der Waals surface area (Å²) >= 11 is 7.36. The minimum absolute atomic E-state index is 0.00223. The average molecular weight is 416 g/mol. The monoisotopic (exact) mass is 415 g/mol. The number of benzene rings is 2. The van der Waals surface area contributed by atoms with Crippen LogP contribution in [0.3, 0.4) is 0 Å². The topological polar surface area (TPSA) is 76.3 Å². The van der Waals surface area contributed by atoms with Crippen molar-refractivity contribution in [3.63, 3.8) is 0 Å². The fourth-order valence-electron chi connectivity index (χ4n) is 2.80. The Morgan fingerprint density at radius 2 is 1.96 bits per heavy atom. The minimum Gasteiger partial charge on any atom is -0.334 e. The molecule has 1 unspecified atom stereocenters. The van der Waals surface area contributed by atoms with Gasteiger partial charge < -0.3 is 4.90 Å². The number of nitro benzene ring substituents is 1.